The Morgan fingerprint density at radius 3 is 1.57 bits per heavy atom. The molecule has 0 bridgehead atoms. The molecule has 4 aliphatic rings. The van der Waals surface area contributed by atoms with Crippen molar-refractivity contribution in [1.29, 1.82) is 0 Å². The number of allylic oxidation sites excluding steroid dienone is 2. The molecule has 0 N–H and O–H groups in total. The monoisotopic (exact) mass is 464 g/mol. The van der Waals surface area contributed by atoms with E-state index in [0.717, 1.165) is 41.9 Å². The summed E-state index contributed by atoms with van der Waals surface area (Å²) in [4.78, 5) is 0. The van der Waals surface area contributed by atoms with Crippen LogP contribution in [0.25, 0.3) is 0 Å². The van der Waals surface area contributed by atoms with Crippen LogP contribution in [0, 0.1) is 35.5 Å². The Labute approximate surface area is 213 Å². The summed E-state index contributed by atoms with van der Waals surface area (Å²) < 4.78 is 0. The third kappa shape index (κ3) is 5.52. The lowest BCUT2D eigenvalue weighted by Gasteiger charge is -2.32. The Kier molecular flexibility index (Phi) is 6.74. The van der Waals surface area contributed by atoms with Crippen molar-refractivity contribution >= 4 is 0 Å². The highest BCUT2D eigenvalue weighted by atomic mass is 14.4. The molecule has 4 fully saturated rings. The van der Waals surface area contributed by atoms with Gasteiger partial charge in [-0.3, -0.25) is 0 Å². The summed E-state index contributed by atoms with van der Waals surface area (Å²) in [5.74, 6) is 5.46. The quantitative estimate of drug-likeness (QED) is 0.374. The maximum atomic E-state index is 4.33. The van der Waals surface area contributed by atoms with E-state index in [0.29, 0.717) is 0 Å². The van der Waals surface area contributed by atoms with Crippen LogP contribution in [0.3, 0.4) is 0 Å². The summed E-state index contributed by atoms with van der Waals surface area (Å²) in [5, 5.41) is 0. The third-order valence-electron chi connectivity index (χ3n) is 10.1. The van der Waals surface area contributed by atoms with Gasteiger partial charge in [-0.1, -0.05) is 72.8 Å². The molecule has 0 amide bonds. The first-order chi connectivity index (χ1) is 17.1. The van der Waals surface area contributed by atoms with Crippen molar-refractivity contribution in [2.75, 3.05) is 0 Å². The van der Waals surface area contributed by atoms with Crippen molar-refractivity contribution in [3.8, 4) is 0 Å². The molecule has 4 aliphatic carbocycles. The van der Waals surface area contributed by atoms with Gasteiger partial charge in [0.25, 0.3) is 0 Å². The molecular weight excluding hydrogens is 420 g/mol. The van der Waals surface area contributed by atoms with Crippen LogP contribution >= 0.6 is 0 Å². The lowest BCUT2D eigenvalue weighted by molar-refractivity contribution is 0.206. The fourth-order valence-corrected chi connectivity index (χ4v) is 8.58. The van der Waals surface area contributed by atoms with Gasteiger partial charge in [0.05, 0.1) is 0 Å². The van der Waals surface area contributed by atoms with E-state index in [9.17, 15) is 0 Å². The van der Waals surface area contributed by atoms with E-state index in [2.05, 4.69) is 61.7 Å². The van der Waals surface area contributed by atoms with Gasteiger partial charge in [-0.25, -0.2) is 0 Å². The average Bonchev–Trinajstić information content (AvgIpc) is 3.39. The molecule has 0 spiro atoms. The maximum absolute atomic E-state index is 4.33. The van der Waals surface area contributed by atoms with Crippen molar-refractivity contribution in [2.24, 2.45) is 35.5 Å². The van der Waals surface area contributed by atoms with Crippen molar-refractivity contribution in [2.45, 2.75) is 83.5 Å². The summed E-state index contributed by atoms with van der Waals surface area (Å²) in [6, 6.07) is 18.8. The van der Waals surface area contributed by atoms with E-state index >= 15 is 0 Å². The zero-order valence-electron chi connectivity index (χ0n) is 21.7. The average molecular weight is 465 g/mol. The Bertz CT molecular complexity index is 996. The molecule has 184 valence electrons. The number of rotatable bonds is 6. The summed E-state index contributed by atoms with van der Waals surface area (Å²) in [5.41, 5.74) is 9.22. The Morgan fingerprint density at radius 1 is 0.543 bits per heavy atom. The van der Waals surface area contributed by atoms with E-state index in [1.165, 1.54) is 99.3 Å². The molecule has 4 unspecified atom stereocenters. The van der Waals surface area contributed by atoms with Gasteiger partial charge in [0, 0.05) is 0 Å². The van der Waals surface area contributed by atoms with Gasteiger partial charge in [-0.05, 0) is 141 Å². The molecule has 0 heteroatoms. The molecule has 35 heavy (non-hydrogen) atoms. The molecule has 6 atom stereocenters. The molecule has 0 radical (unpaired) electrons. The fourth-order valence-electron chi connectivity index (χ4n) is 8.58. The van der Waals surface area contributed by atoms with Crippen LogP contribution in [0.1, 0.15) is 86.5 Å². The molecule has 0 saturated heterocycles. The second-order valence-electron chi connectivity index (χ2n) is 12.9. The minimum atomic E-state index is 0.863. The number of fused-ring (bicyclic) bond motifs is 2. The second-order valence-corrected chi connectivity index (χ2v) is 12.9. The predicted octanol–water partition coefficient (Wildman–Crippen LogP) is 9.13. The molecule has 0 nitrogen and oxygen atoms in total. The Morgan fingerprint density at radius 2 is 1.03 bits per heavy atom. The molecular formula is C35H44. The van der Waals surface area contributed by atoms with Crippen molar-refractivity contribution in [1.82, 2.24) is 0 Å². The zero-order chi connectivity index (χ0) is 23.8. The highest BCUT2D eigenvalue weighted by molar-refractivity contribution is 5.35. The van der Waals surface area contributed by atoms with Gasteiger partial charge in [-0.15, -0.1) is 0 Å². The lowest BCUT2D eigenvalue weighted by atomic mass is 9.73. The molecule has 2 aromatic rings. The second kappa shape index (κ2) is 10.1. The predicted molar refractivity (Wildman–Crippen MR) is 148 cm³/mol. The molecule has 6 rings (SSSR count). The van der Waals surface area contributed by atoms with Crippen LogP contribution < -0.4 is 0 Å². The smallest absolute Gasteiger partial charge is 0.00256 e. The van der Waals surface area contributed by atoms with Crippen molar-refractivity contribution in [3.05, 3.63) is 95.1 Å². The van der Waals surface area contributed by atoms with Gasteiger partial charge in [0.2, 0.25) is 0 Å². The SMILES string of the molecule is C=C1CC2CCC(Cc3cc(Cc4ccccc4)cc(CC4CCC5CC(=C)C[C@@H]5C4)c3)C[C@H]2C1. The third-order valence-corrected chi connectivity index (χ3v) is 10.1. The number of hydrogen-bond acceptors (Lipinski definition) is 0. The summed E-state index contributed by atoms with van der Waals surface area (Å²) >= 11 is 0. The molecule has 0 aromatic heterocycles. The van der Waals surface area contributed by atoms with Crippen molar-refractivity contribution < 1.29 is 0 Å². The minimum Gasteiger partial charge on any atom is -0.0998 e. The number of benzene rings is 2. The Balaban J connectivity index is 1.18. The standard InChI is InChI=1S/C35H44/c1-24-12-32-10-8-27(22-34(32)14-24)17-30-19-29(16-26-6-4-3-5-7-26)20-31(21-30)18-28-9-11-33-13-25(2)15-35(33)23-28/h3-7,19-21,27-28,32-35H,1-2,8-18,22-23H2/t27?,28?,32?,33?,34-,35-/m1/s1. The lowest BCUT2D eigenvalue weighted by Crippen LogP contribution is -2.23. The molecule has 0 aliphatic heterocycles. The van der Waals surface area contributed by atoms with Crippen LogP contribution in [0.4, 0.5) is 0 Å². The first-order valence-electron chi connectivity index (χ1n) is 14.6. The normalized spacial score (nSPS) is 32.5. The van der Waals surface area contributed by atoms with Crippen LogP contribution in [0.2, 0.25) is 0 Å². The highest BCUT2D eigenvalue weighted by Gasteiger charge is 2.36. The first-order valence-corrected chi connectivity index (χ1v) is 14.6. The maximum Gasteiger partial charge on any atom is -0.00256 e. The van der Waals surface area contributed by atoms with Gasteiger partial charge in [-0.2, -0.15) is 0 Å². The van der Waals surface area contributed by atoms with Crippen LogP contribution in [0.5, 0.6) is 0 Å². The van der Waals surface area contributed by atoms with Crippen LogP contribution in [-0.2, 0) is 19.3 Å². The molecule has 4 saturated carbocycles. The van der Waals surface area contributed by atoms with E-state index in [1.54, 1.807) is 11.1 Å². The molecule has 2 aromatic carbocycles. The van der Waals surface area contributed by atoms with E-state index in [4.69, 9.17) is 0 Å². The highest BCUT2D eigenvalue weighted by Crippen LogP contribution is 2.48. The van der Waals surface area contributed by atoms with Gasteiger partial charge >= 0.3 is 0 Å². The molecule has 0 heterocycles. The number of hydrogen-bond donors (Lipinski definition) is 0. The first kappa shape index (κ1) is 23.3. The summed E-state index contributed by atoms with van der Waals surface area (Å²) in [7, 11) is 0. The van der Waals surface area contributed by atoms with Crippen LogP contribution in [-0.4, -0.2) is 0 Å². The Hall–Kier alpha value is -2.08. The van der Waals surface area contributed by atoms with E-state index in [1.807, 2.05) is 0 Å². The van der Waals surface area contributed by atoms with Gasteiger partial charge in [0.15, 0.2) is 0 Å². The largest absolute Gasteiger partial charge is 0.0998 e. The van der Waals surface area contributed by atoms with Crippen LogP contribution in [0.15, 0.2) is 72.8 Å². The summed E-state index contributed by atoms with van der Waals surface area (Å²) in [6.07, 6.45) is 17.4. The van der Waals surface area contributed by atoms with Gasteiger partial charge in [0.1, 0.15) is 0 Å². The van der Waals surface area contributed by atoms with E-state index < -0.39 is 0 Å². The summed E-state index contributed by atoms with van der Waals surface area (Å²) in [6.45, 7) is 8.65. The van der Waals surface area contributed by atoms with Gasteiger partial charge < -0.3 is 0 Å². The zero-order valence-corrected chi connectivity index (χ0v) is 21.7. The van der Waals surface area contributed by atoms with Crippen molar-refractivity contribution in [3.63, 3.8) is 0 Å². The van der Waals surface area contributed by atoms with E-state index in [-0.39, 0.29) is 0 Å². The topological polar surface area (TPSA) is 0 Å². The minimum absolute atomic E-state index is 0.863. The fraction of sp³-hybridized carbons (Fsp3) is 0.543.